The van der Waals surface area contributed by atoms with Crippen molar-refractivity contribution in [1.82, 2.24) is 0 Å². The van der Waals surface area contributed by atoms with E-state index < -0.39 is 43.1 Å². The van der Waals surface area contributed by atoms with Gasteiger partial charge in [0, 0.05) is 12.0 Å². The predicted molar refractivity (Wildman–Crippen MR) is 57.2 cm³/mol. The molecular formula is C12H9F7O2. The number of rotatable bonds is 5. The van der Waals surface area contributed by atoms with Crippen LogP contribution in [-0.2, 0) is 4.74 Å². The van der Waals surface area contributed by atoms with Crippen molar-refractivity contribution in [3.63, 3.8) is 0 Å². The van der Waals surface area contributed by atoms with Crippen LogP contribution in [0.25, 0.3) is 0 Å². The van der Waals surface area contributed by atoms with E-state index in [0.717, 1.165) is 24.3 Å². The summed E-state index contributed by atoms with van der Waals surface area (Å²) in [4.78, 5) is 11.5. The number of hydrogen-bond acceptors (Lipinski definition) is 2. The molecule has 0 aromatic heterocycles. The highest BCUT2D eigenvalue weighted by atomic mass is 19.4. The van der Waals surface area contributed by atoms with Crippen LogP contribution >= 0.6 is 0 Å². The van der Waals surface area contributed by atoms with Crippen LogP contribution in [0.15, 0.2) is 24.3 Å². The van der Waals surface area contributed by atoms with Gasteiger partial charge in [-0.05, 0) is 24.3 Å². The van der Waals surface area contributed by atoms with E-state index in [1.165, 1.54) is 0 Å². The van der Waals surface area contributed by atoms with Crippen molar-refractivity contribution in [3.05, 3.63) is 35.6 Å². The number of carbonyl (C=O) groups excluding carboxylic acids is 1. The summed E-state index contributed by atoms with van der Waals surface area (Å²) in [5.74, 6) is -1.38. The zero-order valence-corrected chi connectivity index (χ0v) is 10.3. The highest BCUT2D eigenvalue weighted by Gasteiger charge is 2.57. The van der Waals surface area contributed by atoms with E-state index in [9.17, 15) is 35.5 Å². The van der Waals surface area contributed by atoms with E-state index in [0.29, 0.717) is 0 Å². The molecule has 0 atom stereocenters. The Kier molecular flexibility index (Phi) is 5.32. The third-order valence-electron chi connectivity index (χ3n) is 2.37. The molecular weight excluding hydrogens is 309 g/mol. The standard InChI is InChI=1S/C12H9F7O2/c13-8-3-1-7(2-4-8)9(20)5-6-21-10(11(14,15)16)12(17,18)19/h1-4,10H,5-6H2. The first kappa shape index (κ1) is 17.4. The van der Waals surface area contributed by atoms with E-state index in [1.807, 2.05) is 0 Å². The third kappa shape index (κ3) is 5.33. The molecule has 0 aliphatic rings. The molecule has 0 fully saturated rings. The number of ketones is 1. The van der Waals surface area contributed by atoms with E-state index in [-0.39, 0.29) is 5.56 Å². The SMILES string of the molecule is O=C(CCOC(C(F)(F)F)C(F)(F)F)c1ccc(F)cc1. The van der Waals surface area contributed by atoms with Crippen LogP contribution in [0.3, 0.4) is 0 Å². The topological polar surface area (TPSA) is 26.3 Å². The number of Topliss-reactive ketones (excluding diaryl/α,β-unsaturated/α-hetero) is 1. The Hall–Kier alpha value is -1.64. The lowest BCUT2D eigenvalue weighted by atomic mass is 10.1. The molecule has 0 amide bonds. The molecule has 9 heteroatoms. The Bertz CT molecular complexity index is 462. The van der Waals surface area contributed by atoms with Crippen molar-refractivity contribution in [2.24, 2.45) is 0 Å². The summed E-state index contributed by atoms with van der Waals surface area (Å²) in [6.45, 7) is -1.06. The fraction of sp³-hybridized carbons (Fsp3) is 0.417. The van der Waals surface area contributed by atoms with E-state index in [2.05, 4.69) is 4.74 Å². The Labute approximate surface area is 114 Å². The van der Waals surface area contributed by atoms with Crippen LogP contribution in [0.4, 0.5) is 30.7 Å². The normalized spacial score (nSPS) is 12.8. The van der Waals surface area contributed by atoms with Crippen molar-refractivity contribution in [3.8, 4) is 0 Å². The van der Waals surface area contributed by atoms with Gasteiger partial charge in [0.15, 0.2) is 5.78 Å². The second kappa shape index (κ2) is 6.42. The zero-order valence-electron chi connectivity index (χ0n) is 10.3. The van der Waals surface area contributed by atoms with Gasteiger partial charge in [-0.3, -0.25) is 4.79 Å². The fourth-order valence-corrected chi connectivity index (χ4v) is 1.42. The van der Waals surface area contributed by atoms with Gasteiger partial charge in [0.05, 0.1) is 6.61 Å². The quantitative estimate of drug-likeness (QED) is 0.608. The monoisotopic (exact) mass is 318 g/mol. The van der Waals surface area contributed by atoms with Gasteiger partial charge in [0.1, 0.15) is 5.82 Å². The molecule has 1 aromatic carbocycles. The molecule has 0 aliphatic carbocycles. The number of hydrogen-bond donors (Lipinski definition) is 0. The average molecular weight is 318 g/mol. The number of ether oxygens (including phenoxy) is 1. The van der Waals surface area contributed by atoms with Gasteiger partial charge in [-0.1, -0.05) is 0 Å². The van der Waals surface area contributed by atoms with E-state index in [1.54, 1.807) is 0 Å². The summed E-state index contributed by atoms with van der Waals surface area (Å²) in [5, 5.41) is 0. The van der Waals surface area contributed by atoms with Gasteiger partial charge in [-0.15, -0.1) is 0 Å². The molecule has 0 heterocycles. The molecule has 0 aliphatic heterocycles. The number of alkyl halides is 6. The fourth-order valence-electron chi connectivity index (χ4n) is 1.42. The maximum absolute atomic E-state index is 12.6. The first-order valence-electron chi connectivity index (χ1n) is 5.55. The van der Waals surface area contributed by atoms with Crippen molar-refractivity contribution < 1.29 is 40.3 Å². The minimum atomic E-state index is -5.61. The van der Waals surface area contributed by atoms with Crippen LogP contribution in [-0.4, -0.2) is 30.8 Å². The molecule has 0 saturated carbocycles. The number of halogens is 7. The minimum absolute atomic E-state index is 0.0319. The van der Waals surface area contributed by atoms with Gasteiger partial charge < -0.3 is 4.74 Å². The van der Waals surface area contributed by atoms with Gasteiger partial charge in [-0.25, -0.2) is 4.39 Å². The maximum Gasteiger partial charge on any atom is 0.423 e. The molecule has 1 aromatic rings. The van der Waals surface area contributed by atoms with E-state index in [4.69, 9.17) is 0 Å². The minimum Gasteiger partial charge on any atom is -0.360 e. The van der Waals surface area contributed by atoms with Gasteiger partial charge >= 0.3 is 12.4 Å². The molecule has 0 spiro atoms. The molecule has 0 radical (unpaired) electrons. The summed E-state index contributed by atoms with van der Waals surface area (Å²) < 4.78 is 89.1. The smallest absolute Gasteiger partial charge is 0.360 e. The van der Waals surface area contributed by atoms with Crippen LogP contribution in [0.1, 0.15) is 16.8 Å². The molecule has 0 N–H and O–H groups in total. The lowest BCUT2D eigenvalue weighted by Crippen LogP contribution is -2.44. The van der Waals surface area contributed by atoms with Crippen LogP contribution < -0.4 is 0 Å². The highest BCUT2D eigenvalue weighted by Crippen LogP contribution is 2.35. The lowest BCUT2D eigenvalue weighted by Gasteiger charge is -2.22. The van der Waals surface area contributed by atoms with Crippen LogP contribution in [0.2, 0.25) is 0 Å². The summed E-state index contributed by atoms with van der Waals surface area (Å²) in [7, 11) is 0. The van der Waals surface area contributed by atoms with Gasteiger partial charge in [0.25, 0.3) is 0 Å². The molecule has 1 rings (SSSR count). The van der Waals surface area contributed by atoms with Crippen molar-refractivity contribution in [2.75, 3.05) is 6.61 Å². The third-order valence-corrected chi connectivity index (χ3v) is 2.37. The predicted octanol–water partition coefficient (Wildman–Crippen LogP) is 3.91. The largest absolute Gasteiger partial charge is 0.423 e. The first-order chi connectivity index (χ1) is 9.51. The Morgan fingerprint density at radius 2 is 1.48 bits per heavy atom. The van der Waals surface area contributed by atoms with Crippen molar-refractivity contribution in [1.29, 1.82) is 0 Å². The molecule has 21 heavy (non-hydrogen) atoms. The average Bonchev–Trinajstić information content (AvgIpc) is 2.32. The van der Waals surface area contributed by atoms with Gasteiger partial charge in [0.2, 0.25) is 6.10 Å². The second-order valence-corrected chi connectivity index (χ2v) is 4.01. The second-order valence-electron chi connectivity index (χ2n) is 4.01. The molecule has 0 bridgehead atoms. The summed E-state index contributed by atoms with van der Waals surface area (Å²) in [5.41, 5.74) is -0.0319. The van der Waals surface area contributed by atoms with Crippen molar-refractivity contribution >= 4 is 5.78 Å². The van der Waals surface area contributed by atoms with Gasteiger partial charge in [-0.2, -0.15) is 26.3 Å². The van der Waals surface area contributed by atoms with E-state index >= 15 is 0 Å². The lowest BCUT2D eigenvalue weighted by molar-refractivity contribution is -0.321. The Balaban J connectivity index is 2.59. The summed E-state index contributed by atoms with van der Waals surface area (Å²) in [6, 6.07) is 4.04. The molecule has 118 valence electrons. The van der Waals surface area contributed by atoms with Crippen LogP contribution in [0, 0.1) is 5.82 Å². The highest BCUT2D eigenvalue weighted by molar-refractivity contribution is 5.96. The number of carbonyl (C=O) groups is 1. The Morgan fingerprint density at radius 3 is 1.90 bits per heavy atom. The summed E-state index contributed by atoms with van der Waals surface area (Å²) in [6.07, 6.45) is -15.9. The van der Waals surface area contributed by atoms with Crippen LogP contribution in [0.5, 0.6) is 0 Å². The maximum atomic E-state index is 12.6. The Morgan fingerprint density at radius 1 is 1.00 bits per heavy atom. The number of benzene rings is 1. The van der Waals surface area contributed by atoms with Crippen molar-refractivity contribution in [2.45, 2.75) is 24.9 Å². The molecule has 2 nitrogen and oxygen atoms in total. The molecule has 0 unspecified atom stereocenters. The first-order valence-corrected chi connectivity index (χ1v) is 5.55. The zero-order chi connectivity index (χ0) is 16.3. The summed E-state index contributed by atoms with van der Waals surface area (Å²) >= 11 is 0. The molecule has 0 saturated heterocycles.